The van der Waals surface area contributed by atoms with Crippen molar-refractivity contribution in [3.05, 3.63) is 18.5 Å². The lowest BCUT2D eigenvalue weighted by atomic mass is 10.2. The van der Waals surface area contributed by atoms with Gasteiger partial charge in [-0.3, -0.25) is 4.90 Å². The Bertz CT molecular complexity index is 398. The molecule has 2 heterocycles. The van der Waals surface area contributed by atoms with Gasteiger partial charge in [0.1, 0.15) is 0 Å². The van der Waals surface area contributed by atoms with Crippen LogP contribution in [0.4, 0.5) is 5.95 Å². The van der Waals surface area contributed by atoms with E-state index in [2.05, 4.69) is 25.1 Å². The van der Waals surface area contributed by atoms with E-state index in [0.717, 1.165) is 38.2 Å². The maximum Gasteiger partial charge on any atom is 0.225 e. The zero-order chi connectivity index (χ0) is 14.3. The van der Waals surface area contributed by atoms with E-state index in [1.807, 2.05) is 18.5 Å². The minimum absolute atomic E-state index is 0.860. The number of hydrogen-bond acceptors (Lipinski definition) is 5. The Morgan fingerprint density at radius 3 is 2.48 bits per heavy atom. The molecule has 1 aromatic rings. The topological polar surface area (TPSA) is 44.3 Å². The van der Waals surface area contributed by atoms with Crippen molar-refractivity contribution in [3.63, 3.8) is 0 Å². The molecule has 1 aliphatic heterocycles. The summed E-state index contributed by atoms with van der Waals surface area (Å²) < 4.78 is 0. The summed E-state index contributed by atoms with van der Waals surface area (Å²) in [5.74, 6) is 0.878. The first-order valence-corrected chi connectivity index (χ1v) is 8.39. The van der Waals surface area contributed by atoms with E-state index >= 15 is 0 Å². The van der Waals surface area contributed by atoms with Crippen LogP contribution in [0.25, 0.3) is 0 Å². The molecule has 0 radical (unpaired) electrons. The van der Waals surface area contributed by atoms with Gasteiger partial charge in [-0.25, -0.2) is 9.97 Å². The molecule has 21 heavy (non-hydrogen) atoms. The minimum atomic E-state index is 0.860. The highest BCUT2D eigenvalue weighted by atomic mass is 15.3. The number of nitrogens with zero attached hydrogens (tertiary/aromatic N) is 4. The standard InChI is InChI=1S/C16H27N5/c1(2-7-17-15-5-6-15)3-10-20-11-13-21(14-12-20)16-18-8-4-9-19-16/h4,8-9,15,17H,1-3,5-7,10-14H2. The van der Waals surface area contributed by atoms with Crippen molar-refractivity contribution in [2.75, 3.05) is 44.2 Å². The van der Waals surface area contributed by atoms with Gasteiger partial charge in [0.25, 0.3) is 0 Å². The molecule has 0 unspecified atom stereocenters. The molecule has 1 aliphatic carbocycles. The smallest absolute Gasteiger partial charge is 0.225 e. The lowest BCUT2D eigenvalue weighted by molar-refractivity contribution is 0.251. The van der Waals surface area contributed by atoms with Gasteiger partial charge in [0.15, 0.2) is 0 Å². The predicted octanol–water partition coefficient (Wildman–Crippen LogP) is 1.52. The fourth-order valence-corrected chi connectivity index (χ4v) is 2.86. The molecule has 0 spiro atoms. The van der Waals surface area contributed by atoms with Crippen molar-refractivity contribution in [1.82, 2.24) is 20.2 Å². The number of anilines is 1. The van der Waals surface area contributed by atoms with E-state index < -0.39 is 0 Å². The van der Waals surface area contributed by atoms with Crippen LogP contribution >= 0.6 is 0 Å². The van der Waals surface area contributed by atoms with Gasteiger partial charge < -0.3 is 10.2 Å². The normalized spacial score (nSPS) is 19.9. The first kappa shape index (κ1) is 14.7. The van der Waals surface area contributed by atoms with Gasteiger partial charge >= 0.3 is 0 Å². The van der Waals surface area contributed by atoms with Crippen LogP contribution in [-0.4, -0.2) is 60.2 Å². The second-order valence-electron chi connectivity index (χ2n) is 6.17. The van der Waals surface area contributed by atoms with Crippen LogP contribution in [0.1, 0.15) is 32.1 Å². The molecule has 0 bridgehead atoms. The van der Waals surface area contributed by atoms with E-state index in [1.165, 1.54) is 45.2 Å². The second-order valence-corrected chi connectivity index (χ2v) is 6.17. The summed E-state index contributed by atoms with van der Waals surface area (Å²) in [6.45, 7) is 6.83. The van der Waals surface area contributed by atoms with Crippen molar-refractivity contribution in [1.29, 1.82) is 0 Å². The third kappa shape index (κ3) is 4.93. The number of nitrogens with one attached hydrogen (secondary N) is 1. The van der Waals surface area contributed by atoms with E-state index in [1.54, 1.807) is 0 Å². The van der Waals surface area contributed by atoms with E-state index in [4.69, 9.17) is 0 Å². The molecule has 3 rings (SSSR count). The van der Waals surface area contributed by atoms with Gasteiger partial charge in [-0.2, -0.15) is 0 Å². The van der Waals surface area contributed by atoms with Crippen LogP contribution < -0.4 is 10.2 Å². The van der Waals surface area contributed by atoms with Gasteiger partial charge in [-0.1, -0.05) is 6.42 Å². The van der Waals surface area contributed by atoms with Crippen LogP contribution in [0, 0.1) is 0 Å². The maximum atomic E-state index is 4.33. The maximum absolute atomic E-state index is 4.33. The molecule has 1 saturated heterocycles. The molecule has 1 N–H and O–H groups in total. The monoisotopic (exact) mass is 289 g/mol. The van der Waals surface area contributed by atoms with Gasteiger partial charge in [0.05, 0.1) is 0 Å². The Balaban J connectivity index is 1.25. The van der Waals surface area contributed by atoms with Crippen molar-refractivity contribution in [2.24, 2.45) is 0 Å². The highest BCUT2D eigenvalue weighted by Crippen LogP contribution is 2.18. The quantitative estimate of drug-likeness (QED) is 0.735. The average molecular weight is 289 g/mol. The Morgan fingerprint density at radius 2 is 1.76 bits per heavy atom. The molecule has 1 aromatic heterocycles. The van der Waals surface area contributed by atoms with Crippen molar-refractivity contribution in [2.45, 2.75) is 38.1 Å². The number of hydrogen-bond donors (Lipinski definition) is 1. The van der Waals surface area contributed by atoms with Gasteiger partial charge in [0.2, 0.25) is 5.95 Å². The first-order valence-electron chi connectivity index (χ1n) is 8.39. The molecule has 5 heteroatoms. The van der Waals surface area contributed by atoms with E-state index in [-0.39, 0.29) is 0 Å². The summed E-state index contributed by atoms with van der Waals surface area (Å²) in [4.78, 5) is 13.5. The Hall–Kier alpha value is -1.20. The highest BCUT2D eigenvalue weighted by Gasteiger charge is 2.20. The molecular weight excluding hydrogens is 262 g/mol. The van der Waals surface area contributed by atoms with Crippen LogP contribution in [0.2, 0.25) is 0 Å². The van der Waals surface area contributed by atoms with Crippen LogP contribution in [0.15, 0.2) is 18.5 Å². The average Bonchev–Trinajstić information content (AvgIpc) is 3.36. The molecule has 116 valence electrons. The zero-order valence-corrected chi connectivity index (χ0v) is 12.9. The molecular formula is C16H27N5. The Labute approximate surface area is 127 Å². The third-order valence-electron chi connectivity index (χ3n) is 4.37. The summed E-state index contributed by atoms with van der Waals surface area (Å²) in [6, 6.07) is 2.73. The SMILES string of the molecule is c1cnc(N2CCN(CCCCCNC3CC3)CC2)nc1. The Kier molecular flexibility index (Phi) is 5.40. The molecule has 0 atom stereocenters. The third-order valence-corrected chi connectivity index (χ3v) is 4.37. The lowest BCUT2D eigenvalue weighted by Crippen LogP contribution is -2.47. The van der Waals surface area contributed by atoms with E-state index in [9.17, 15) is 0 Å². The predicted molar refractivity (Wildman–Crippen MR) is 85.6 cm³/mol. The molecule has 0 aromatic carbocycles. The molecule has 2 fully saturated rings. The van der Waals surface area contributed by atoms with Gasteiger partial charge in [0, 0.05) is 44.6 Å². The second kappa shape index (κ2) is 7.71. The van der Waals surface area contributed by atoms with Crippen molar-refractivity contribution in [3.8, 4) is 0 Å². The highest BCUT2D eigenvalue weighted by molar-refractivity contribution is 5.29. The van der Waals surface area contributed by atoms with Gasteiger partial charge in [-0.05, 0) is 44.8 Å². The molecule has 0 amide bonds. The fraction of sp³-hybridized carbons (Fsp3) is 0.750. The zero-order valence-electron chi connectivity index (χ0n) is 12.9. The number of aromatic nitrogens is 2. The van der Waals surface area contributed by atoms with Crippen molar-refractivity contribution < 1.29 is 0 Å². The van der Waals surface area contributed by atoms with Crippen LogP contribution in [0.3, 0.4) is 0 Å². The summed E-state index contributed by atoms with van der Waals surface area (Å²) in [7, 11) is 0. The summed E-state index contributed by atoms with van der Waals surface area (Å²) in [6.07, 6.45) is 10.4. The number of unbranched alkanes of at least 4 members (excludes halogenated alkanes) is 2. The molecule has 1 saturated carbocycles. The van der Waals surface area contributed by atoms with Gasteiger partial charge in [-0.15, -0.1) is 0 Å². The molecule has 5 nitrogen and oxygen atoms in total. The first-order chi connectivity index (χ1) is 10.4. The fourth-order valence-electron chi connectivity index (χ4n) is 2.86. The molecule has 2 aliphatic rings. The number of piperazine rings is 1. The minimum Gasteiger partial charge on any atom is -0.338 e. The van der Waals surface area contributed by atoms with Crippen molar-refractivity contribution >= 4 is 5.95 Å². The summed E-state index contributed by atoms with van der Waals surface area (Å²) in [5.41, 5.74) is 0. The number of rotatable bonds is 8. The summed E-state index contributed by atoms with van der Waals surface area (Å²) in [5, 5.41) is 3.58. The van der Waals surface area contributed by atoms with E-state index in [0.29, 0.717) is 0 Å². The van der Waals surface area contributed by atoms with Crippen LogP contribution in [0.5, 0.6) is 0 Å². The summed E-state index contributed by atoms with van der Waals surface area (Å²) >= 11 is 0. The Morgan fingerprint density at radius 1 is 1.00 bits per heavy atom. The largest absolute Gasteiger partial charge is 0.338 e. The van der Waals surface area contributed by atoms with Crippen LogP contribution in [-0.2, 0) is 0 Å². The lowest BCUT2D eigenvalue weighted by Gasteiger charge is -2.34.